The van der Waals surface area contributed by atoms with Crippen molar-refractivity contribution < 1.29 is 38.5 Å². The highest BCUT2D eigenvalue weighted by atomic mass is 16.7. The van der Waals surface area contributed by atoms with Gasteiger partial charge in [0.25, 0.3) is 0 Å². The van der Waals surface area contributed by atoms with Gasteiger partial charge in [0.15, 0.2) is 6.79 Å². The molecule has 16 unspecified atom stereocenters. The summed E-state index contributed by atoms with van der Waals surface area (Å²) in [7, 11) is 0. The number of hydrogen-bond donors (Lipinski definition) is 1. The van der Waals surface area contributed by atoms with Gasteiger partial charge < -0.3 is 19.3 Å². The standard InChI is InChI=1S/C32H44O8.4CH4/c1-13-16-4-5-17(8-16)22(13)11-38-12-39-31(36)23(14(2)29(33)34)27-20-10-21(26-19-7-6-18(9-19)25(20)26)28(27)24-15(3)30(35)40-32(24)37;;;;/h13-28H,4-12H2,1-3H3,(H,33,34);4*1H4. The van der Waals surface area contributed by atoms with Crippen molar-refractivity contribution in [2.24, 2.45) is 94.7 Å². The molecule has 16 atom stereocenters. The fraction of sp³-hybridized carbons (Fsp3) is 0.889. The number of carbonyl (C=O) groups excluding carboxylic acids is 3. The number of cyclic esters (lactones) is 2. The van der Waals surface area contributed by atoms with E-state index in [1.807, 2.05) is 0 Å². The van der Waals surface area contributed by atoms with E-state index in [9.17, 15) is 24.3 Å². The smallest absolute Gasteiger partial charge is 0.317 e. The van der Waals surface area contributed by atoms with Crippen LogP contribution in [0.3, 0.4) is 0 Å². The van der Waals surface area contributed by atoms with Gasteiger partial charge in [-0.25, -0.2) is 0 Å². The van der Waals surface area contributed by atoms with E-state index >= 15 is 0 Å². The number of fused-ring (bicyclic) bond motifs is 11. The van der Waals surface area contributed by atoms with Gasteiger partial charge in [-0.2, -0.15) is 0 Å². The summed E-state index contributed by atoms with van der Waals surface area (Å²) in [5.41, 5.74) is 0. The summed E-state index contributed by atoms with van der Waals surface area (Å²) in [6.45, 7) is 6.02. The van der Waals surface area contributed by atoms with Gasteiger partial charge in [0.2, 0.25) is 0 Å². The van der Waals surface area contributed by atoms with Crippen molar-refractivity contribution in [3.05, 3.63) is 0 Å². The minimum absolute atomic E-state index is 0. The van der Waals surface area contributed by atoms with Crippen LogP contribution >= 0.6 is 0 Å². The van der Waals surface area contributed by atoms with Crippen LogP contribution in [0.5, 0.6) is 0 Å². The SMILES string of the molecule is C.C.C.C.CC(C(=O)O)C(C(=O)OCOCC1C2CCC(C2)C1C)C1C2CC(C3C4CCC(C4)C23)C1C1C(=O)OC(=O)C1C. The van der Waals surface area contributed by atoms with E-state index in [2.05, 4.69) is 6.92 Å². The average Bonchev–Trinajstić information content (AvgIpc) is 3.76. The van der Waals surface area contributed by atoms with Gasteiger partial charge >= 0.3 is 23.9 Å². The third-order valence-electron chi connectivity index (χ3n) is 13.6. The first kappa shape index (κ1) is 36.5. The number of carboxylic acid groups (broad SMARTS) is 1. The van der Waals surface area contributed by atoms with Crippen molar-refractivity contribution >= 4 is 23.9 Å². The lowest BCUT2D eigenvalue weighted by molar-refractivity contribution is -0.176. The maximum Gasteiger partial charge on any atom is 0.317 e. The van der Waals surface area contributed by atoms with E-state index in [1.165, 1.54) is 38.5 Å². The van der Waals surface area contributed by atoms with Gasteiger partial charge in [0.1, 0.15) is 0 Å². The van der Waals surface area contributed by atoms with E-state index in [1.54, 1.807) is 13.8 Å². The second kappa shape index (κ2) is 13.4. The molecule has 6 aliphatic carbocycles. The monoisotopic (exact) mass is 620 g/mol. The summed E-state index contributed by atoms with van der Waals surface area (Å²) in [6.07, 6.45) is 8.34. The number of carbonyl (C=O) groups is 4. The van der Waals surface area contributed by atoms with E-state index in [0.717, 1.165) is 12.3 Å². The Bertz CT molecular complexity index is 1090. The number of carboxylic acids is 1. The van der Waals surface area contributed by atoms with Crippen molar-refractivity contribution in [2.45, 2.75) is 95.4 Å². The molecular formula is C36H60O8. The summed E-state index contributed by atoms with van der Waals surface area (Å²) in [6, 6.07) is 0. The largest absolute Gasteiger partial charge is 0.481 e. The molecule has 6 bridgehead atoms. The maximum atomic E-state index is 13.8. The van der Waals surface area contributed by atoms with Crippen molar-refractivity contribution in [3.63, 3.8) is 0 Å². The second-order valence-corrected chi connectivity index (χ2v) is 14.7. The fourth-order valence-corrected chi connectivity index (χ4v) is 12.0. The Balaban J connectivity index is 0.00000132. The lowest BCUT2D eigenvalue weighted by atomic mass is 9.55. The Morgan fingerprint density at radius 1 is 0.841 bits per heavy atom. The average molecular weight is 621 g/mol. The minimum Gasteiger partial charge on any atom is -0.481 e. The summed E-state index contributed by atoms with van der Waals surface area (Å²) < 4.78 is 16.7. The highest BCUT2D eigenvalue weighted by molar-refractivity contribution is 5.96. The van der Waals surface area contributed by atoms with Crippen LogP contribution in [-0.4, -0.2) is 42.4 Å². The molecule has 0 amide bonds. The molecule has 1 aliphatic heterocycles. The predicted octanol–water partition coefficient (Wildman–Crippen LogP) is 6.95. The zero-order chi connectivity index (χ0) is 28.0. The third kappa shape index (κ3) is 5.33. The molecule has 0 aromatic carbocycles. The number of esters is 3. The molecule has 0 aromatic heterocycles. The number of aliphatic carboxylic acids is 1. The Morgan fingerprint density at radius 2 is 1.43 bits per heavy atom. The normalized spacial score (nSPS) is 44.9. The van der Waals surface area contributed by atoms with E-state index in [0.29, 0.717) is 48.0 Å². The van der Waals surface area contributed by atoms with Crippen LogP contribution in [0.25, 0.3) is 0 Å². The molecule has 0 radical (unpaired) electrons. The first-order chi connectivity index (χ1) is 19.2. The van der Waals surface area contributed by atoms with E-state index < -0.39 is 47.5 Å². The number of rotatable bonds is 9. The van der Waals surface area contributed by atoms with Crippen LogP contribution in [0.2, 0.25) is 0 Å². The molecule has 0 aromatic rings. The van der Waals surface area contributed by atoms with Crippen LogP contribution in [0.1, 0.15) is 95.4 Å². The summed E-state index contributed by atoms with van der Waals surface area (Å²) in [5, 5.41) is 10.1. The molecule has 252 valence electrons. The lowest BCUT2D eigenvalue weighted by Crippen LogP contribution is -2.50. The van der Waals surface area contributed by atoms with Crippen LogP contribution in [0.4, 0.5) is 0 Å². The van der Waals surface area contributed by atoms with Gasteiger partial charge in [-0.1, -0.05) is 50.5 Å². The lowest BCUT2D eigenvalue weighted by Gasteiger charge is -2.47. The Kier molecular flexibility index (Phi) is 11.1. The summed E-state index contributed by atoms with van der Waals surface area (Å²) in [5.74, 6) is -1.01. The minimum atomic E-state index is -1.04. The highest BCUT2D eigenvalue weighted by Gasteiger charge is 2.70. The summed E-state index contributed by atoms with van der Waals surface area (Å²) >= 11 is 0. The van der Waals surface area contributed by atoms with E-state index in [4.69, 9.17) is 14.2 Å². The number of ether oxygens (including phenoxy) is 3. The van der Waals surface area contributed by atoms with Crippen LogP contribution < -0.4 is 0 Å². The number of hydrogen-bond acceptors (Lipinski definition) is 7. The van der Waals surface area contributed by atoms with Gasteiger partial charge in [-0.05, 0) is 116 Å². The third-order valence-corrected chi connectivity index (χ3v) is 13.6. The molecule has 8 nitrogen and oxygen atoms in total. The van der Waals surface area contributed by atoms with Crippen LogP contribution in [0.15, 0.2) is 0 Å². The first-order valence-electron chi connectivity index (χ1n) is 15.9. The van der Waals surface area contributed by atoms with Gasteiger partial charge in [0, 0.05) is 0 Å². The fourth-order valence-electron chi connectivity index (χ4n) is 12.0. The quantitative estimate of drug-likeness (QED) is 0.0968. The Morgan fingerprint density at radius 3 is 2.00 bits per heavy atom. The Hall–Kier alpha value is -1.96. The van der Waals surface area contributed by atoms with Crippen LogP contribution in [0, 0.1) is 94.7 Å². The van der Waals surface area contributed by atoms with Crippen molar-refractivity contribution in [1.82, 2.24) is 0 Å². The molecule has 0 spiro atoms. The highest BCUT2D eigenvalue weighted by Crippen LogP contribution is 2.73. The molecule has 7 fully saturated rings. The molecule has 7 aliphatic rings. The van der Waals surface area contributed by atoms with Crippen molar-refractivity contribution in [2.75, 3.05) is 13.4 Å². The zero-order valence-electron chi connectivity index (χ0n) is 23.9. The first-order valence-corrected chi connectivity index (χ1v) is 15.9. The van der Waals surface area contributed by atoms with Gasteiger partial charge in [-0.15, -0.1) is 0 Å². The van der Waals surface area contributed by atoms with Gasteiger partial charge in [-0.3, -0.25) is 19.2 Å². The molecule has 1 heterocycles. The predicted molar refractivity (Wildman–Crippen MR) is 168 cm³/mol. The van der Waals surface area contributed by atoms with E-state index in [-0.39, 0.29) is 60.2 Å². The molecule has 8 heteroatoms. The molecule has 6 saturated carbocycles. The molecule has 7 rings (SSSR count). The summed E-state index contributed by atoms with van der Waals surface area (Å²) in [4.78, 5) is 51.8. The van der Waals surface area contributed by atoms with Gasteiger partial charge in [0.05, 0.1) is 30.3 Å². The second-order valence-electron chi connectivity index (χ2n) is 14.7. The molecular weight excluding hydrogens is 560 g/mol. The molecule has 1 N–H and O–H groups in total. The van der Waals surface area contributed by atoms with Crippen LogP contribution in [-0.2, 0) is 33.4 Å². The Labute approximate surface area is 265 Å². The van der Waals surface area contributed by atoms with Crippen molar-refractivity contribution in [3.8, 4) is 0 Å². The maximum absolute atomic E-state index is 13.8. The topological polar surface area (TPSA) is 116 Å². The van der Waals surface area contributed by atoms with Crippen molar-refractivity contribution in [1.29, 1.82) is 0 Å². The molecule has 44 heavy (non-hydrogen) atoms. The molecule has 1 saturated heterocycles. The zero-order valence-corrected chi connectivity index (χ0v) is 23.9.